The molecule has 9 heteroatoms. The number of amides is 1. The van der Waals surface area contributed by atoms with Crippen LogP contribution in [0.5, 0.6) is 0 Å². The third-order valence-corrected chi connectivity index (χ3v) is 5.61. The minimum absolute atomic E-state index is 0.0127. The minimum atomic E-state index is -3.13. The summed E-state index contributed by atoms with van der Waals surface area (Å²) < 4.78 is 28.2. The van der Waals surface area contributed by atoms with Gasteiger partial charge in [0, 0.05) is 6.04 Å². The number of rotatable bonds is 7. The third-order valence-electron chi connectivity index (χ3n) is 3.41. The SMILES string of the molecule is CC[C@H](COC(=O)CCl)N(C(=O)CCl)[C@@H]1CCS(=O)(=O)C1. The Balaban J connectivity index is 2.84. The monoisotopic (exact) mass is 359 g/mol. The van der Waals surface area contributed by atoms with E-state index in [1.165, 1.54) is 4.90 Å². The van der Waals surface area contributed by atoms with E-state index in [1.807, 2.05) is 6.92 Å². The number of sulfone groups is 1. The lowest BCUT2D eigenvalue weighted by Gasteiger charge is -2.35. The Labute approximate surface area is 134 Å². The van der Waals surface area contributed by atoms with Crippen LogP contribution in [0.4, 0.5) is 0 Å². The van der Waals surface area contributed by atoms with Crippen molar-refractivity contribution >= 4 is 44.9 Å². The molecular formula is C12H19Cl2NO5S. The van der Waals surface area contributed by atoms with Gasteiger partial charge in [-0.1, -0.05) is 6.92 Å². The molecule has 0 aromatic carbocycles. The summed E-state index contributed by atoms with van der Waals surface area (Å²) in [5, 5.41) is 0. The van der Waals surface area contributed by atoms with Crippen LogP contribution < -0.4 is 0 Å². The molecule has 1 heterocycles. The number of carbonyl (C=O) groups is 2. The Bertz CT molecular complexity index is 482. The summed E-state index contributed by atoms with van der Waals surface area (Å²) in [6.07, 6.45) is 0.902. The maximum Gasteiger partial charge on any atom is 0.320 e. The third kappa shape index (κ3) is 5.30. The van der Waals surface area contributed by atoms with Crippen molar-refractivity contribution < 1.29 is 22.7 Å². The highest BCUT2D eigenvalue weighted by atomic mass is 35.5. The van der Waals surface area contributed by atoms with Gasteiger partial charge in [0.15, 0.2) is 9.84 Å². The van der Waals surface area contributed by atoms with Crippen molar-refractivity contribution in [2.24, 2.45) is 0 Å². The second-order valence-corrected chi connectivity index (χ2v) is 7.63. The van der Waals surface area contributed by atoms with E-state index in [-0.39, 0.29) is 35.8 Å². The van der Waals surface area contributed by atoms with Crippen molar-refractivity contribution in [3.8, 4) is 0 Å². The Kier molecular flexibility index (Phi) is 7.23. The zero-order chi connectivity index (χ0) is 16.0. The van der Waals surface area contributed by atoms with E-state index < -0.39 is 27.9 Å². The van der Waals surface area contributed by atoms with Gasteiger partial charge in [0.05, 0.1) is 17.5 Å². The van der Waals surface area contributed by atoms with Crippen molar-refractivity contribution in [2.45, 2.75) is 31.8 Å². The van der Waals surface area contributed by atoms with E-state index in [4.69, 9.17) is 27.9 Å². The van der Waals surface area contributed by atoms with Gasteiger partial charge in [0.2, 0.25) is 5.91 Å². The van der Waals surface area contributed by atoms with Gasteiger partial charge in [-0.15, -0.1) is 23.2 Å². The standard InChI is InChI=1S/C12H19Cl2NO5S/c1-2-9(7-20-12(17)6-14)15(11(16)5-13)10-3-4-21(18,19)8-10/h9-10H,2-8H2,1H3/t9-,10-/m1/s1. The van der Waals surface area contributed by atoms with Gasteiger partial charge in [-0.25, -0.2) is 8.42 Å². The molecule has 0 radical (unpaired) electrons. The van der Waals surface area contributed by atoms with Crippen LogP contribution in [0.3, 0.4) is 0 Å². The van der Waals surface area contributed by atoms with Gasteiger partial charge in [-0.2, -0.15) is 0 Å². The predicted molar refractivity (Wildman–Crippen MR) is 80.4 cm³/mol. The lowest BCUT2D eigenvalue weighted by atomic mass is 10.1. The maximum absolute atomic E-state index is 12.1. The summed E-state index contributed by atoms with van der Waals surface area (Å²) in [4.78, 5) is 24.7. The van der Waals surface area contributed by atoms with Crippen LogP contribution in [-0.4, -0.2) is 67.2 Å². The maximum atomic E-state index is 12.1. The normalized spacial score (nSPS) is 21.8. The summed E-state index contributed by atoms with van der Waals surface area (Å²) in [6.45, 7) is 1.82. The quantitative estimate of drug-likeness (QED) is 0.496. The molecule has 21 heavy (non-hydrogen) atoms. The fourth-order valence-electron chi connectivity index (χ4n) is 2.39. The first-order valence-corrected chi connectivity index (χ1v) is 9.52. The molecular weight excluding hydrogens is 341 g/mol. The number of hydrogen-bond acceptors (Lipinski definition) is 5. The zero-order valence-corrected chi connectivity index (χ0v) is 14.1. The van der Waals surface area contributed by atoms with Gasteiger partial charge >= 0.3 is 5.97 Å². The average Bonchev–Trinajstić information content (AvgIpc) is 2.81. The van der Waals surface area contributed by atoms with Gasteiger partial charge in [0.1, 0.15) is 18.4 Å². The van der Waals surface area contributed by atoms with Crippen LogP contribution in [0, 0.1) is 0 Å². The first-order valence-electron chi connectivity index (χ1n) is 6.63. The fourth-order valence-corrected chi connectivity index (χ4v) is 4.32. The van der Waals surface area contributed by atoms with E-state index in [2.05, 4.69) is 0 Å². The minimum Gasteiger partial charge on any atom is -0.463 e. The van der Waals surface area contributed by atoms with Crippen LogP contribution in [0.1, 0.15) is 19.8 Å². The van der Waals surface area contributed by atoms with E-state index in [0.717, 1.165) is 0 Å². The molecule has 0 unspecified atom stereocenters. The molecule has 0 spiro atoms. The summed E-state index contributed by atoms with van der Waals surface area (Å²) in [6, 6.07) is -0.817. The van der Waals surface area contributed by atoms with Crippen molar-refractivity contribution in [3.63, 3.8) is 0 Å². The molecule has 2 atom stereocenters. The van der Waals surface area contributed by atoms with Gasteiger partial charge in [0.25, 0.3) is 0 Å². The van der Waals surface area contributed by atoms with Crippen molar-refractivity contribution in [1.29, 1.82) is 0 Å². The molecule has 1 saturated heterocycles. The Morgan fingerprint density at radius 3 is 2.43 bits per heavy atom. The largest absolute Gasteiger partial charge is 0.463 e. The van der Waals surface area contributed by atoms with Crippen LogP contribution in [0.2, 0.25) is 0 Å². The molecule has 0 aromatic rings. The number of ether oxygens (including phenoxy) is 1. The van der Waals surface area contributed by atoms with Gasteiger partial charge in [-0.05, 0) is 12.8 Å². The Hall–Kier alpha value is -0.530. The molecule has 1 fully saturated rings. The highest BCUT2D eigenvalue weighted by molar-refractivity contribution is 7.91. The van der Waals surface area contributed by atoms with Crippen LogP contribution in [0.25, 0.3) is 0 Å². The fraction of sp³-hybridized carbons (Fsp3) is 0.833. The van der Waals surface area contributed by atoms with Gasteiger partial charge < -0.3 is 9.64 Å². The van der Waals surface area contributed by atoms with Crippen LogP contribution in [-0.2, 0) is 24.2 Å². The first kappa shape index (κ1) is 18.5. The smallest absolute Gasteiger partial charge is 0.320 e. The lowest BCUT2D eigenvalue weighted by molar-refractivity contribution is -0.146. The number of esters is 1. The topological polar surface area (TPSA) is 80.8 Å². The number of alkyl halides is 2. The molecule has 0 N–H and O–H groups in total. The second kappa shape index (κ2) is 8.19. The second-order valence-electron chi connectivity index (χ2n) is 4.87. The lowest BCUT2D eigenvalue weighted by Crippen LogP contribution is -2.50. The van der Waals surface area contributed by atoms with Crippen molar-refractivity contribution in [2.75, 3.05) is 29.9 Å². The van der Waals surface area contributed by atoms with Crippen molar-refractivity contribution in [1.82, 2.24) is 4.90 Å². The molecule has 1 rings (SSSR count). The van der Waals surface area contributed by atoms with Crippen molar-refractivity contribution in [3.05, 3.63) is 0 Å². The molecule has 1 amide bonds. The molecule has 1 aliphatic heterocycles. The molecule has 0 saturated carbocycles. The number of halogens is 2. The summed E-state index contributed by atoms with van der Waals surface area (Å²) >= 11 is 11.0. The highest BCUT2D eigenvalue weighted by Crippen LogP contribution is 2.22. The predicted octanol–water partition coefficient (Wildman–Crippen LogP) is 0.802. The summed E-state index contributed by atoms with van der Waals surface area (Å²) in [5.41, 5.74) is 0. The Morgan fingerprint density at radius 2 is 2.00 bits per heavy atom. The highest BCUT2D eigenvalue weighted by Gasteiger charge is 2.37. The molecule has 0 aromatic heterocycles. The van der Waals surface area contributed by atoms with E-state index in [9.17, 15) is 18.0 Å². The average molecular weight is 360 g/mol. The number of carbonyl (C=O) groups excluding carboxylic acids is 2. The van der Waals surface area contributed by atoms with Crippen LogP contribution in [0.15, 0.2) is 0 Å². The van der Waals surface area contributed by atoms with E-state index in [0.29, 0.717) is 12.8 Å². The molecule has 6 nitrogen and oxygen atoms in total. The molecule has 122 valence electrons. The van der Waals surface area contributed by atoms with Crippen LogP contribution >= 0.6 is 23.2 Å². The summed E-state index contributed by atoms with van der Waals surface area (Å²) in [5.74, 6) is -1.45. The summed E-state index contributed by atoms with van der Waals surface area (Å²) in [7, 11) is -3.13. The first-order chi connectivity index (χ1) is 9.84. The molecule has 1 aliphatic rings. The van der Waals surface area contributed by atoms with E-state index in [1.54, 1.807) is 0 Å². The Morgan fingerprint density at radius 1 is 1.33 bits per heavy atom. The number of nitrogens with zero attached hydrogens (tertiary/aromatic N) is 1. The molecule has 0 aliphatic carbocycles. The zero-order valence-electron chi connectivity index (χ0n) is 11.8. The molecule has 0 bridgehead atoms. The number of hydrogen-bond donors (Lipinski definition) is 0. The van der Waals surface area contributed by atoms with E-state index >= 15 is 0 Å². The van der Waals surface area contributed by atoms with Gasteiger partial charge in [-0.3, -0.25) is 9.59 Å².